The Morgan fingerprint density at radius 1 is 0.581 bits per heavy atom. The van der Waals surface area contributed by atoms with E-state index in [1.54, 1.807) is 0 Å². The number of phosphoric acid groups is 1. The Hall–Kier alpha value is -2.58. The molecule has 0 unspecified atom stereocenters. The molecule has 0 bridgehead atoms. The number of rotatable bonds is 5. The summed E-state index contributed by atoms with van der Waals surface area (Å²) >= 11 is 0. The zero-order valence-electron chi connectivity index (χ0n) is 16.8. The smallest absolute Gasteiger partial charge is 0.303 e. The molecule has 0 radical (unpaired) electrons. The van der Waals surface area contributed by atoms with Crippen molar-refractivity contribution >= 4 is 31.7 Å². The molecule has 31 heavy (non-hydrogen) atoms. The van der Waals surface area contributed by atoms with Crippen molar-refractivity contribution in [2.75, 3.05) is 0 Å². The number of benzene rings is 4. The molecule has 6 heteroatoms. The van der Waals surface area contributed by atoms with Crippen molar-refractivity contribution in [1.29, 1.82) is 0 Å². The SMILES string of the molecule is O=P(O)(O)O.c1ccc(Cc2ccccc2P(c2ccccc2)c2ccccc2)cc1. The highest BCUT2D eigenvalue weighted by molar-refractivity contribution is 7.79. The quantitative estimate of drug-likeness (QED) is 0.400. The normalized spacial score (nSPS) is 11.0. The van der Waals surface area contributed by atoms with E-state index < -0.39 is 15.7 Å². The minimum Gasteiger partial charge on any atom is -0.303 e. The van der Waals surface area contributed by atoms with Crippen LogP contribution in [0.25, 0.3) is 0 Å². The van der Waals surface area contributed by atoms with Gasteiger partial charge in [-0.1, -0.05) is 115 Å². The Bertz CT molecular complexity index is 1070. The topological polar surface area (TPSA) is 77.8 Å². The lowest BCUT2D eigenvalue weighted by Crippen LogP contribution is -2.23. The first kappa shape index (κ1) is 23.1. The second kappa shape index (κ2) is 11.2. The second-order valence-electron chi connectivity index (χ2n) is 6.81. The van der Waals surface area contributed by atoms with E-state index in [2.05, 4.69) is 115 Å². The van der Waals surface area contributed by atoms with Crippen LogP contribution in [0.15, 0.2) is 115 Å². The first-order valence-electron chi connectivity index (χ1n) is 9.72. The molecule has 3 N–H and O–H groups in total. The monoisotopic (exact) mass is 450 g/mol. The summed E-state index contributed by atoms with van der Waals surface area (Å²) in [5.41, 5.74) is 2.77. The van der Waals surface area contributed by atoms with E-state index >= 15 is 0 Å². The molecule has 0 atom stereocenters. The van der Waals surface area contributed by atoms with Crippen molar-refractivity contribution in [1.82, 2.24) is 0 Å². The van der Waals surface area contributed by atoms with Gasteiger partial charge in [0, 0.05) is 0 Å². The van der Waals surface area contributed by atoms with Gasteiger partial charge in [0.15, 0.2) is 0 Å². The van der Waals surface area contributed by atoms with Gasteiger partial charge in [0.1, 0.15) is 0 Å². The van der Waals surface area contributed by atoms with Crippen LogP contribution in [0.5, 0.6) is 0 Å². The summed E-state index contributed by atoms with van der Waals surface area (Å²) in [5.74, 6) is 0. The number of hydrogen-bond acceptors (Lipinski definition) is 1. The highest BCUT2D eigenvalue weighted by Gasteiger charge is 2.19. The summed E-state index contributed by atoms with van der Waals surface area (Å²) in [6.45, 7) is 0. The molecule has 0 heterocycles. The summed E-state index contributed by atoms with van der Waals surface area (Å²) in [5, 5.41) is 4.24. The van der Waals surface area contributed by atoms with Gasteiger partial charge in [-0.15, -0.1) is 0 Å². The molecular weight excluding hydrogens is 426 g/mol. The van der Waals surface area contributed by atoms with Crippen LogP contribution in [-0.2, 0) is 11.0 Å². The van der Waals surface area contributed by atoms with E-state index in [-0.39, 0.29) is 0 Å². The third-order valence-corrected chi connectivity index (χ3v) is 7.05. The van der Waals surface area contributed by atoms with Gasteiger partial charge in [-0.05, 0) is 41.4 Å². The molecule has 0 aliphatic rings. The van der Waals surface area contributed by atoms with Gasteiger partial charge in [0.25, 0.3) is 0 Å². The maximum atomic E-state index is 8.88. The highest BCUT2D eigenvalue weighted by Crippen LogP contribution is 2.34. The first-order chi connectivity index (χ1) is 14.9. The molecular formula is C25H24O4P2. The summed E-state index contributed by atoms with van der Waals surface area (Å²) < 4.78 is 8.88. The van der Waals surface area contributed by atoms with Crippen LogP contribution in [0.4, 0.5) is 0 Å². The Kier molecular flexibility index (Phi) is 8.31. The van der Waals surface area contributed by atoms with Crippen molar-refractivity contribution in [2.24, 2.45) is 0 Å². The van der Waals surface area contributed by atoms with E-state index in [0.29, 0.717) is 0 Å². The van der Waals surface area contributed by atoms with Crippen LogP contribution in [0.3, 0.4) is 0 Å². The van der Waals surface area contributed by atoms with Crippen molar-refractivity contribution in [3.63, 3.8) is 0 Å². The molecule has 0 spiro atoms. The van der Waals surface area contributed by atoms with Crippen molar-refractivity contribution < 1.29 is 19.2 Å². The van der Waals surface area contributed by atoms with Crippen LogP contribution in [0.2, 0.25) is 0 Å². The molecule has 4 rings (SSSR count). The molecule has 0 aliphatic heterocycles. The fourth-order valence-electron chi connectivity index (χ4n) is 3.28. The van der Waals surface area contributed by atoms with Crippen LogP contribution >= 0.6 is 15.7 Å². The van der Waals surface area contributed by atoms with Gasteiger partial charge >= 0.3 is 7.82 Å². The minimum atomic E-state index is -4.64. The molecule has 0 amide bonds. The molecule has 0 saturated carbocycles. The predicted octanol–water partition coefficient (Wildman–Crippen LogP) is 4.11. The van der Waals surface area contributed by atoms with Crippen molar-refractivity contribution in [2.45, 2.75) is 6.42 Å². The molecule has 0 aliphatic carbocycles. The predicted molar refractivity (Wildman–Crippen MR) is 129 cm³/mol. The van der Waals surface area contributed by atoms with E-state index in [1.165, 1.54) is 27.0 Å². The first-order valence-corrected chi connectivity index (χ1v) is 12.6. The van der Waals surface area contributed by atoms with Gasteiger partial charge < -0.3 is 14.7 Å². The Labute approximate surface area is 183 Å². The van der Waals surface area contributed by atoms with E-state index in [9.17, 15) is 0 Å². The maximum Gasteiger partial charge on any atom is 0.466 e. The Morgan fingerprint density at radius 3 is 1.45 bits per heavy atom. The van der Waals surface area contributed by atoms with Crippen molar-refractivity contribution in [3.8, 4) is 0 Å². The Morgan fingerprint density at radius 2 is 0.968 bits per heavy atom. The van der Waals surface area contributed by atoms with Crippen LogP contribution in [0, 0.1) is 0 Å². The van der Waals surface area contributed by atoms with E-state index in [1.807, 2.05) is 0 Å². The number of hydrogen-bond donors (Lipinski definition) is 3. The summed E-state index contributed by atoms with van der Waals surface area (Å²) in [6.07, 6.45) is 0.968. The largest absolute Gasteiger partial charge is 0.466 e. The summed E-state index contributed by atoms with van der Waals surface area (Å²) in [4.78, 5) is 21.6. The fourth-order valence-corrected chi connectivity index (χ4v) is 5.75. The summed E-state index contributed by atoms with van der Waals surface area (Å²) in [6, 6.07) is 41.5. The van der Waals surface area contributed by atoms with E-state index in [0.717, 1.165) is 6.42 Å². The van der Waals surface area contributed by atoms with Gasteiger partial charge in [0.05, 0.1) is 0 Å². The second-order valence-corrected chi connectivity index (χ2v) is 10.0. The fraction of sp³-hybridized carbons (Fsp3) is 0.0400. The van der Waals surface area contributed by atoms with Crippen molar-refractivity contribution in [3.05, 3.63) is 126 Å². The molecule has 4 aromatic rings. The highest BCUT2D eigenvalue weighted by atomic mass is 31.2. The average Bonchev–Trinajstić information content (AvgIpc) is 2.76. The zero-order chi connectivity index (χ0) is 22.1. The van der Waals surface area contributed by atoms with E-state index in [4.69, 9.17) is 19.2 Å². The molecule has 0 fully saturated rings. The maximum absolute atomic E-state index is 8.88. The van der Waals surface area contributed by atoms with Crippen LogP contribution in [0.1, 0.15) is 11.1 Å². The Balaban J connectivity index is 0.000000491. The molecule has 0 saturated heterocycles. The molecule has 4 aromatic carbocycles. The zero-order valence-corrected chi connectivity index (χ0v) is 18.6. The van der Waals surface area contributed by atoms with Crippen LogP contribution < -0.4 is 15.9 Å². The lowest BCUT2D eigenvalue weighted by atomic mass is 10.1. The van der Waals surface area contributed by atoms with Gasteiger partial charge in [-0.25, -0.2) is 4.57 Å². The van der Waals surface area contributed by atoms with Gasteiger partial charge in [-0.2, -0.15) is 0 Å². The lowest BCUT2D eigenvalue weighted by Gasteiger charge is -2.22. The van der Waals surface area contributed by atoms with Gasteiger partial charge in [0.2, 0.25) is 0 Å². The third kappa shape index (κ3) is 7.56. The molecule has 0 aromatic heterocycles. The lowest BCUT2D eigenvalue weighted by molar-refractivity contribution is 0.275. The van der Waals surface area contributed by atoms with Crippen LogP contribution in [-0.4, -0.2) is 14.7 Å². The summed E-state index contributed by atoms with van der Waals surface area (Å²) in [7, 11) is -5.20. The molecule has 158 valence electrons. The third-order valence-electron chi connectivity index (χ3n) is 4.50. The standard InChI is InChI=1S/C25H21P.H3O4P/c1-4-12-21(13-5-1)20-22-14-10-11-19-25(22)26(23-15-6-2-7-16-23)24-17-8-3-9-18-24;1-5(2,3)4/h1-19H,20H2;(H3,1,2,3,4). The molecule has 4 nitrogen and oxygen atoms in total. The average molecular weight is 450 g/mol. The minimum absolute atomic E-state index is 0.563. The van der Waals surface area contributed by atoms with Gasteiger partial charge in [-0.3, -0.25) is 0 Å².